The van der Waals surface area contributed by atoms with Crippen molar-refractivity contribution in [3.8, 4) is 0 Å². The largest absolute Gasteiger partial charge is 1.00 e. The molecule has 160 valence electrons. The molecule has 2 aromatic rings. The van der Waals surface area contributed by atoms with E-state index in [0.29, 0.717) is 6.54 Å². The summed E-state index contributed by atoms with van der Waals surface area (Å²) in [6, 6.07) is 11.9. The van der Waals surface area contributed by atoms with Crippen molar-refractivity contribution < 1.29 is 26.7 Å². The number of fused-ring (bicyclic) bond motifs is 1. The van der Waals surface area contributed by atoms with Crippen LogP contribution in [-0.4, -0.2) is 16.6 Å². The van der Waals surface area contributed by atoms with Crippen LogP contribution in [0.2, 0.25) is 0 Å². The number of anilines is 1. The van der Waals surface area contributed by atoms with Crippen molar-refractivity contribution in [3.63, 3.8) is 0 Å². The van der Waals surface area contributed by atoms with Crippen LogP contribution in [0.3, 0.4) is 0 Å². The molecule has 1 aromatic carbocycles. The van der Waals surface area contributed by atoms with Gasteiger partial charge in [0.25, 0.3) is 0 Å². The molecule has 0 bridgehead atoms. The van der Waals surface area contributed by atoms with Gasteiger partial charge in [0.2, 0.25) is 5.72 Å². The molecule has 5 heteroatoms. The number of aromatic nitrogens is 2. The molecule has 0 fully saturated rings. The van der Waals surface area contributed by atoms with E-state index in [9.17, 15) is 5.11 Å². The van der Waals surface area contributed by atoms with Gasteiger partial charge in [0.05, 0.1) is 12.7 Å². The van der Waals surface area contributed by atoms with Crippen LogP contribution in [0.5, 0.6) is 0 Å². The Kier molecular flexibility index (Phi) is 10.1. The van der Waals surface area contributed by atoms with Crippen molar-refractivity contribution in [2.75, 3.05) is 11.4 Å². The molecule has 1 aromatic heterocycles. The van der Waals surface area contributed by atoms with Gasteiger partial charge in [0.15, 0.2) is 0 Å². The van der Waals surface area contributed by atoms with E-state index >= 15 is 0 Å². The van der Waals surface area contributed by atoms with Crippen LogP contribution in [0.25, 0.3) is 0 Å². The van der Waals surface area contributed by atoms with E-state index in [2.05, 4.69) is 21.4 Å². The molecule has 1 N–H and O–H groups in total. The van der Waals surface area contributed by atoms with Gasteiger partial charge in [-0.05, 0) is 6.42 Å². The molecule has 0 saturated carbocycles. The van der Waals surface area contributed by atoms with Gasteiger partial charge in [-0.1, -0.05) is 100 Å². The fourth-order valence-electron chi connectivity index (χ4n) is 4.22. The molecular weight excluding hydrogens is 426 g/mol. The second-order valence-electron chi connectivity index (χ2n) is 8.06. The Morgan fingerprint density at radius 1 is 0.931 bits per heavy atom. The highest BCUT2D eigenvalue weighted by Crippen LogP contribution is 2.33. The summed E-state index contributed by atoms with van der Waals surface area (Å²) in [4.78, 5) is 6.64. The Morgan fingerprint density at radius 3 is 2.21 bits per heavy atom. The lowest BCUT2D eigenvalue weighted by Crippen LogP contribution is -3.00. The zero-order valence-corrected chi connectivity index (χ0v) is 19.4. The van der Waals surface area contributed by atoms with E-state index in [1.807, 2.05) is 48.8 Å². The molecule has 0 spiro atoms. The zero-order chi connectivity index (χ0) is 19.7. The lowest BCUT2D eigenvalue weighted by Gasteiger charge is -2.28. The first-order valence-corrected chi connectivity index (χ1v) is 11.2. The third-order valence-corrected chi connectivity index (χ3v) is 5.85. The summed E-state index contributed by atoms with van der Waals surface area (Å²) in [6.45, 7) is 3.63. The molecular formula is C24H36BrN3O. The van der Waals surface area contributed by atoms with E-state index in [0.717, 1.165) is 24.5 Å². The van der Waals surface area contributed by atoms with Gasteiger partial charge in [-0.15, -0.1) is 0 Å². The SMILES string of the molecule is CCCCCCCCCCCCN1c2nccc[n+]2C[C@@]1(O)c1ccccc1.[Br-]. The summed E-state index contributed by atoms with van der Waals surface area (Å²) in [6.07, 6.45) is 17.0. The van der Waals surface area contributed by atoms with Crippen LogP contribution in [-0.2, 0) is 12.3 Å². The highest BCUT2D eigenvalue weighted by Gasteiger charge is 2.50. The van der Waals surface area contributed by atoms with E-state index in [-0.39, 0.29) is 17.0 Å². The van der Waals surface area contributed by atoms with Gasteiger partial charge in [-0.2, -0.15) is 0 Å². The highest BCUT2D eigenvalue weighted by molar-refractivity contribution is 5.37. The third-order valence-electron chi connectivity index (χ3n) is 5.85. The predicted octanol–water partition coefficient (Wildman–Crippen LogP) is 1.96. The van der Waals surface area contributed by atoms with Crippen LogP contribution >= 0.6 is 0 Å². The lowest BCUT2D eigenvalue weighted by atomic mass is 10.0. The Hall–Kier alpha value is -1.46. The normalized spacial score (nSPS) is 17.8. The Morgan fingerprint density at radius 2 is 1.55 bits per heavy atom. The minimum Gasteiger partial charge on any atom is -1.00 e. The number of hydrogen-bond donors (Lipinski definition) is 1. The Labute approximate surface area is 186 Å². The minimum atomic E-state index is -1.01. The average molecular weight is 462 g/mol. The van der Waals surface area contributed by atoms with Crippen molar-refractivity contribution in [2.45, 2.75) is 83.4 Å². The summed E-state index contributed by atoms with van der Waals surface area (Å²) in [5, 5.41) is 11.6. The van der Waals surface area contributed by atoms with Gasteiger partial charge in [-0.25, -0.2) is 9.47 Å². The minimum absolute atomic E-state index is 0. The number of unbranched alkanes of at least 4 members (excludes halogenated alkanes) is 9. The number of nitrogens with zero attached hydrogens (tertiary/aromatic N) is 3. The number of hydrogen-bond acceptors (Lipinski definition) is 3. The van der Waals surface area contributed by atoms with Gasteiger partial charge < -0.3 is 22.1 Å². The van der Waals surface area contributed by atoms with Crippen molar-refractivity contribution in [3.05, 3.63) is 54.4 Å². The van der Waals surface area contributed by atoms with Gasteiger partial charge in [0, 0.05) is 11.6 Å². The van der Waals surface area contributed by atoms with Gasteiger partial charge in [0.1, 0.15) is 12.7 Å². The second kappa shape index (κ2) is 12.3. The number of halogens is 1. The van der Waals surface area contributed by atoms with Crippen molar-refractivity contribution >= 4 is 5.95 Å². The van der Waals surface area contributed by atoms with Crippen molar-refractivity contribution in [1.29, 1.82) is 0 Å². The van der Waals surface area contributed by atoms with Crippen molar-refractivity contribution in [2.24, 2.45) is 0 Å². The molecule has 1 aliphatic heterocycles. The molecule has 4 nitrogen and oxygen atoms in total. The Balaban J connectivity index is 0.00000300. The molecule has 2 heterocycles. The summed E-state index contributed by atoms with van der Waals surface area (Å²) in [5.41, 5.74) is -0.0744. The smallest absolute Gasteiger partial charge is 0.396 e. The summed E-state index contributed by atoms with van der Waals surface area (Å²) in [5.74, 6) is 0.866. The third kappa shape index (κ3) is 6.26. The second-order valence-corrected chi connectivity index (χ2v) is 8.06. The fourth-order valence-corrected chi connectivity index (χ4v) is 4.22. The molecule has 0 aliphatic carbocycles. The maximum atomic E-state index is 11.6. The van der Waals surface area contributed by atoms with E-state index in [4.69, 9.17) is 0 Å². The first-order valence-electron chi connectivity index (χ1n) is 11.2. The lowest BCUT2D eigenvalue weighted by molar-refractivity contribution is -0.685. The van der Waals surface area contributed by atoms with Crippen LogP contribution in [0.4, 0.5) is 5.95 Å². The standard InChI is InChI=1S/C24H36N3O.BrH/c1-2-3-4-5-6-7-8-9-10-14-20-27-23-25-18-15-19-26(23)21-24(27,28)22-16-12-11-13-17-22;/h11-13,15-19,28H,2-10,14,20-21H2,1H3;1H/q+1;/p-1/t24-;/m1./s1. The Bertz CT molecular complexity index is 712. The summed E-state index contributed by atoms with van der Waals surface area (Å²) in [7, 11) is 0. The maximum Gasteiger partial charge on any atom is 0.396 e. The van der Waals surface area contributed by atoms with E-state index in [1.54, 1.807) is 0 Å². The molecule has 29 heavy (non-hydrogen) atoms. The maximum absolute atomic E-state index is 11.6. The van der Waals surface area contributed by atoms with Crippen molar-refractivity contribution in [1.82, 2.24) is 4.98 Å². The highest BCUT2D eigenvalue weighted by atomic mass is 79.9. The van der Waals surface area contributed by atoms with Crippen LogP contribution in [0.15, 0.2) is 48.8 Å². The molecule has 3 rings (SSSR count). The van der Waals surface area contributed by atoms with Crippen LogP contribution in [0.1, 0.15) is 76.7 Å². The predicted molar refractivity (Wildman–Crippen MR) is 114 cm³/mol. The molecule has 0 amide bonds. The quantitative estimate of drug-likeness (QED) is 0.387. The van der Waals surface area contributed by atoms with Crippen LogP contribution in [0, 0.1) is 0 Å². The average Bonchev–Trinajstić information content (AvgIpc) is 3.03. The van der Waals surface area contributed by atoms with E-state index < -0.39 is 5.72 Å². The molecule has 0 radical (unpaired) electrons. The van der Waals surface area contributed by atoms with Gasteiger partial charge >= 0.3 is 5.95 Å². The van der Waals surface area contributed by atoms with E-state index in [1.165, 1.54) is 57.8 Å². The first-order chi connectivity index (χ1) is 13.8. The van der Waals surface area contributed by atoms with Gasteiger partial charge in [-0.3, -0.25) is 0 Å². The topological polar surface area (TPSA) is 40.2 Å². The molecule has 1 atom stereocenters. The number of benzene rings is 1. The number of aliphatic hydroxyl groups is 1. The fraction of sp³-hybridized carbons (Fsp3) is 0.583. The van der Waals surface area contributed by atoms with Crippen LogP contribution < -0.4 is 26.4 Å². The monoisotopic (exact) mass is 461 g/mol. The molecule has 0 unspecified atom stereocenters. The zero-order valence-electron chi connectivity index (χ0n) is 17.8. The first kappa shape index (κ1) is 23.8. The molecule has 1 aliphatic rings. The summed E-state index contributed by atoms with van der Waals surface area (Å²) < 4.78 is 2.06. The number of rotatable bonds is 12. The molecule has 0 saturated heterocycles. The summed E-state index contributed by atoms with van der Waals surface area (Å²) >= 11 is 0.